The standard InChI is InChI=1S/C13H19ClN2O/c1-8(2)12-9(3)15-11(16-13(12)14)6-10-4-5-17-7-10/h8,10H,4-7H2,1-3H3. The molecule has 2 rings (SSSR count). The fourth-order valence-corrected chi connectivity index (χ4v) is 2.80. The second-order valence-electron chi connectivity index (χ2n) is 5.02. The minimum Gasteiger partial charge on any atom is -0.381 e. The molecule has 0 N–H and O–H groups in total. The molecule has 1 fully saturated rings. The van der Waals surface area contributed by atoms with Crippen LogP contribution in [0.1, 0.15) is 43.3 Å². The first-order valence-corrected chi connectivity index (χ1v) is 6.56. The van der Waals surface area contributed by atoms with Crippen molar-refractivity contribution in [2.45, 2.75) is 39.5 Å². The van der Waals surface area contributed by atoms with E-state index >= 15 is 0 Å². The number of rotatable bonds is 3. The fourth-order valence-electron chi connectivity index (χ4n) is 2.35. The summed E-state index contributed by atoms with van der Waals surface area (Å²) >= 11 is 6.23. The van der Waals surface area contributed by atoms with E-state index < -0.39 is 0 Å². The summed E-state index contributed by atoms with van der Waals surface area (Å²) in [6.45, 7) is 7.93. The molecular formula is C13H19ClN2O. The lowest BCUT2D eigenvalue weighted by atomic mass is 10.0. The molecule has 1 aromatic heterocycles. The van der Waals surface area contributed by atoms with Gasteiger partial charge < -0.3 is 4.74 Å². The van der Waals surface area contributed by atoms with E-state index in [0.29, 0.717) is 17.0 Å². The smallest absolute Gasteiger partial charge is 0.136 e. The van der Waals surface area contributed by atoms with Crippen molar-refractivity contribution in [3.8, 4) is 0 Å². The molecule has 0 aliphatic carbocycles. The number of hydrogen-bond donors (Lipinski definition) is 0. The summed E-state index contributed by atoms with van der Waals surface area (Å²) in [4.78, 5) is 8.99. The number of ether oxygens (including phenoxy) is 1. The molecule has 3 nitrogen and oxygen atoms in total. The molecule has 1 aliphatic heterocycles. The van der Waals surface area contributed by atoms with Gasteiger partial charge in [0.25, 0.3) is 0 Å². The van der Waals surface area contributed by atoms with Crippen molar-refractivity contribution in [2.24, 2.45) is 5.92 Å². The Kier molecular flexibility index (Phi) is 4.00. The van der Waals surface area contributed by atoms with Crippen LogP contribution in [0.2, 0.25) is 5.15 Å². The second-order valence-corrected chi connectivity index (χ2v) is 5.38. The Morgan fingerprint density at radius 2 is 2.18 bits per heavy atom. The molecule has 0 aromatic carbocycles. The van der Waals surface area contributed by atoms with Crippen LogP contribution in [-0.2, 0) is 11.2 Å². The van der Waals surface area contributed by atoms with Crippen LogP contribution in [-0.4, -0.2) is 23.2 Å². The van der Waals surface area contributed by atoms with Gasteiger partial charge in [0.1, 0.15) is 11.0 Å². The van der Waals surface area contributed by atoms with E-state index in [9.17, 15) is 0 Å². The van der Waals surface area contributed by atoms with Gasteiger partial charge in [0, 0.05) is 30.9 Å². The Labute approximate surface area is 108 Å². The summed E-state index contributed by atoms with van der Waals surface area (Å²) in [6, 6.07) is 0. The maximum atomic E-state index is 6.23. The van der Waals surface area contributed by atoms with Crippen molar-refractivity contribution in [3.63, 3.8) is 0 Å². The van der Waals surface area contributed by atoms with Gasteiger partial charge in [-0.1, -0.05) is 25.4 Å². The molecule has 94 valence electrons. The third kappa shape index (κ3) is 2.96. The number of hydrogen-bond acceptors (Lipinski definition) is 3. The maximum Gasteiger partial charge on any atom is 0.136 e. The average Bonchev–Trinajstić information content (AvgIpc) is 2.68. The molecule has 17 heavy (non-hydrogen) atoms. The van der Waals surface area contributed by atoms with Crippen LogP contribution >= 0.6 is 11.6 Å². The predicted octanol–water partition coefficient (Wildman–Crippen LogP) is 3.14. The van der Waals surface area contributed by atoms with Crippen LogP contribution in [0, 0.1) is 12.8 Å². The molecule has 1 aliphatic rings. The van der Waals surface area contributed by atoms with Gasteiger partial charge in [-0.05, 0) is 25.2 Å². The van der Waals surface area contributed by atoms with Crippen molar-refractivity contribution >= 4 is 11.6 Å². The second kappa shape index (κ2) is 5.32. The third-order valence-corrected chi connectivity index (χ3v) is 3.50. The van der Waals surface area contributed by atoms with Crippen LogP contribution in [0.15, 0.2) is 0 Å². The highest BCUT2D eigenvalue weighted by atomic mass is 35.5. The number of aromatic nitrogens is 2. The molecule has 1 saturated heterocycles. The van der Waals surface area contributed by atoms with E-state index in [2.05, 4.69) is 23.8 Å². The molecule has 0 amide bonds. The quantitative estimate of drug-likeness (QED) is 0.778. The summed E-state index contributed by atoms with van der Waals surface area (Å²) in [5, 5.41) is 0.612. The lowest BCUT2D eigenvalue weighted by molar-refractivity contribution is 0.185. The van der Waals surface area contributed by atoms with Gasteiger partial charge in [-0.25, -0.2) is 9.97 Å². The summed E-state index contributed by atoms with van der Waals surface area (Å²) < 4.78 is 5.36. The van der Waals surface area contributed by atoms with E-state index in [1.54, 1.807) is 0 Å². The highest BCUT2D eigenvalue weighted by molar-refractivity contribution is 6.30. The molecule has 0 bridgehead atoms. The van der Waals surface area contributed by atoms with E-state index in [-0.39, 0.29) is 0 Å². The van der Waals surface area contributed by atoms with Crippen LogP contribution in [0.25, 0.3) is 0 Å². The van der Waals surface area contributed by atoms with Crippen LogP contribution < -0.4 is 0 Å². The Balaban J connectivity index is 2.19. The summed E-state index contributed by atoms with van der Waals surface area (Å²) in [5.41, 5.74) is 2.08. The fraction of sp³-hybridized carbons (Fsp3) is 0.692. The van der Waals surface area contributed by atoms with Crippen LogP contribution in [0.4, 0.5) is 0 Å². The molecule has 1 unspecified atom stereocenters. The average molecular weight is 255 g/mol. The first-order chi connectivity index (χ1) is 8.08. The van der Waals surface area contributed by atoms with Gasteiger partial charge in [0.15, 0.2) is 0 Å². The summed E-state index contributed by atoms with van der Waals surface area (Å²) in [6.07, 6.45) is 1.98. The Morgan fingerprint density at radius 3 is 2.71 bits per heavy atom. The zero-order valence-electron chi connectivity index (χ0n) is 10.7. The highest BCUT2D eigenvalue weighted by Gasteiger charge is 2.19. The SMILES string of the molecule is Cc1nc(CC2CCOC2)nc(Cl)c1C(C)C. The summed E-state index contributed by atoms with van der Waals surface area (Å²) in [7, 11) is 0. The van der Waals surface area contributed by atoms with Crippen molar-refractivity contribution in [1.29, 1.82) is 0 Å². The normalized spacial score (nSPS) is 20.2. The first kappa shape index (κ1) is 12.8. The van der Waals surface area contributed by atoms with E-state index in [0.717, 1.165) is 43.1 Å². The first-order valence-electron chi connectivity index (χ1n) is 6.18. The van der Waals surface area contributed by atoms with Crippen molar-refractivity contribution in [3.05, 3.63) is 22.2 Å². The lowest BCUT2D eigenvalue weighted by Gasteiger charge is -2.13. The van der Waals surface area contributed by atoms with Crippen molar-refractivity contribution < 1.29 is 4.74 Å². The largest absolute Gasteiger partial charge is 0.381 e. The van der Waals surface area contributed by atoms with Crippen LogP contribution in [0.5, 0.6) is 0 Å². The molecule has 0 saturated carbocycles. The van der Waals surface area contributed by atoms with E-state index in [1.165, 1.54) is 0 Å². The molecule has 0 spiro atoms. The van der Waals surface area contributed by atoms with E-state index in [4.69, 9.17) is 16.3 Å². The molecule has 2 heterocycles. The van der Waals surface area contributed by atoms with Crippen molar-refractivity contribution in [1.82, 2.24) is 9.97 Å². The lowest BCUT2D eigenvalue weighted by Crippen LogP contribution is -2.10. The number of halogens is 1. The summed E-state index contributed by atoms with van der Waals surface area (Å²) in [5.74, 6) is 1.77. The molecule has 1 aromatic rings. The monoisotopic (exact) mass is 254 g/mol. The molecule has 0 radical (unpaired) electrons. The minimum absolute atomic E-state index is 0.367. The maximum absolute atomic E-state index is 6.23. The molecule has 4 heteroatoms. The van der Waals surface area contributed by atoms with Gasteiger partial charge >= 0.3 is 0 Å². The van der Waals surface area contributed by atoms with E-state index in [1.807, 2.05) is 6.92 Å². The molecule has 1 atom stereocenters. The predicted molar refractivity (Wildman–Crippen MR) is 68.5 cm³/mol. The van der Waals surface area contributed by atoms with Gasteiger partial charge in [0.05, 0.1) is 0 Å². The van der Waals surface area contributed by atoms with Gasteiger partial charge in [-0.2, -0.15) is 0 Å². The Hall–Kier alpha value is -0.670. The topological polar surface area (TPSA) is 35.0 Å². The van der Waals surface area contributed by atoms with Gasteiger partial charge in [-0.3, -0.25) is 0 Å². The van der Waals surface area contributed by atoms with Gasteiger partial charge in [-0.15, -0.1) is 0 Å². The minimum atomic E-state index is 0.367. The third-order valence-electron chi connectivity index (χ3n) is 3.21. The van der Waals surface area contributed by atoms with Crippen molar-refractivity contribution in [2.75, 3.05) is 13.2 Å². The zero-order chi connectivity index (χ0) is 12.4. The Morgan fingerprint density at radius 1 is 1.41 bits per heavy atom. The highest BCUT2D eigenvalue weighted by Crippen LogP contribution is 2.26. The number of nitrogens with zero attached hydrogens (tertiary/aromatic N) is 2. The molecular weight excluding hydrogens is 236 g/mol. The van der Waals surface area contributed by atoms with Crippen LogP contribution in [0.3, 0.4) is 0 Å². The number of aryl methyl sites for hydroxylation is 1. The zero-order valence-corrected chi connectivity index (χ0v) is 11.4. The Bertz CT molecular complexity index is 377. The van der Waals surface area contributed by atoms with Gasteiger partial charge in [0.2, 0.25) is 0 Å².